The van der Waals surface area contributed by atoms with Crippen molar-refractivity contribution in [1.29, 1.82) is 0 Å². The van der Waals surface area contributed by atoms with E-state index >= 15 is 0 Å². The minimum absolute atomic E-state index is 0.161. The number of rotatable bonds is 6. The van der Waals surface area contributed by atoms with Crippen LogP contribution in [0.25, 0.3) is 21.7 Å². The summed E-state index contributed by atoms with van der Waals surface area (Å²) in [6, 6.07) is 9.00. The van der Waals surface area contributed by atoms with Gasteiger partial charge in [0.15, 0.2) is 22.4 Å². The number of carbonyl (C=O) groups is 1. The Labute approximate surface area is 229 Å². The summed E-state index contributed by atoms with van der Waals surface area (Å²) >= 11 is 1.51. The number of amides is 1. The summed E-state index contributed by atoms with van der Waals surface area (Å²) in [5, 5.41) is 24.5. The maximum Gasteiger partial charge on any atom is 0.291 e. The Hall–Kier alpha value is -3.58. The summed E-state index contributed by atoms with van der Waals surface area (Å²) in [7, 11) is 0. The summed E-state index contributed by atoms with van der Waals surface area (Å²) in [6.45, 7) is 5.16. The number of ether oxygens (including phenoxy) is 1. The van der Waals surface area contributed by atoms with Crippen molar-refractivity contribution in [1.82, 2.24) is 15.0 Å². The molecule has 39 heavy (non-hydrogen) atoms. The topological polar surface area (TPSA) is 137 Å². The van der Waals surface area contributed by atoms with Gasteiger partial charge < -0.3 is 34.5 Å². The molecule has 6 rings (SSSR count). The third kappa shape index (κ3) is 5.33. The lowest BCUT2D eigenvalue weighted by Gasteiger charge is -2.39. The van der Waals surface area contributed by atoms with E-state index in [4.69, 9.17) is 19.1 Å². The van der Waals surface area contributed by atoms with Crippen LogP contribution in [0.2, 0.25) is 0 Å². The molecule has 11 nitrogen and oxygen atoms in total. The molecular formula is C27H30N6O5S. The van der Waals surface area contributed by atoms with Crippen LogP contribution in [-0.4, -0.2) is 82.7 Å². The number of fused-ring (bicyclic) bond motifs is 1. The van der Waals surface area contributed by atoms with E-state index in [9.17, 15) is 15.0 Å². The van der Waals surface area contributed by atoms with E-state index in [1.807, 2.05) is 30.0 Å². The van der Waals surface area contributed by atoms with E-state index in [2.05, 4.69) is 15.2 Å². The van der Waals surface area contributed by atoms with Crippen molar-refractivity contribution < 1.29 is 24.2 Å². The second-order valence-corrected chi connectivity index (χ2v) is 11.0. The molecule has 0 spiro atoms. The van der Waals surface area contributed by atoms with Gasteiger partial charge in [-0.1, -0.05) is 11.3 Å². The lowest BCUT2D eigenvalue weighted by Crippen LogP contribution is -2.51. The lowest BCUT2D eigenvalue weighted by atomic mass is 9.94. The van der Waals surface area contributed by atoms with Crippen molar-refractivity contribution in [2.45, 2.75) is 25.4 Å². The fourth-order valence-corrected chi connectivity index (χ4v) is 5.99. The number of carbonyl (C=O) groups excluding carboxylic acids is 1. The maximum atomic E-state index is 13.3. The van der Waals surface area contributed by atoms with Crippen LogP contribution in [0.3, 0.4) is 0 Å². The number of nitrogens with zero attached hydrogens (tertiary/aromatic N) is 5. The highest BCUT2D eigenvalue weighted by molar-refractivity contribution is 7.22. The number of morpholine rings is 1. The zero-order valence-electron chi connectivity index (χ0n) is 21.6. The fraction of sp³-hybridized carbons (Fsp3) is 0.407. The molecular weight excluding hydrogens is 520 g/mol. The Balaban J connectivity index is 1.33. The van der Waals surface area contributed by atoms with Crippen LogP contribution in [0.5, 0.6) is 0 Å². The Morgan fingerprint density at radius 1 is 1.15 bits per heavy atom. The van der Waals surface area contributed by atoms with E-state index in [-0.39, 0.29) is 18.9 Å². The number of thiazole rings is 1. The number of aromatic nitrogens is 3. The van der Waals surface area contributed by atoms with Gasteiger partial charge in [0.1, 0.15) is 11.4 Å². The summed E-state index contributed by atoms with van der Waals surface area (Å²) in [5.74, 6) is 0.815. The molecule has 4 aromatic heterocycles. The predicted molar refractivity (Wildman–Crippen MR) is 149 cm³/mol. The summed E-state index contributed by atoms with van der Waals surface area (Å²) in [6.07, 6.45) is 2.87. The molecule has 0 aliphatic carbocycles. The number of pyridine rings is 2. The molecule has 2 saturated heterocycles. The average molecular weight is 551 g/mol. The fourth-order valence-electron chi connectivity index (χ4n) is 4.99. The van der Waals surface area contributed by atoms with Gasteiger partial charge >= 0.3 is 0 Å². The smallest absolute Gasteiger partial charge is 0.291 e. The number of hydrogen-bond acceptors (Lipinski definition) is 11. The van der Waals surface area contributed by atoms with Gasteiger partial charge in [0.05, 0.1) is 36.8 Å². The number of aryl methyl sites for hydroxylation is 1. The number of anilines is 3. The summed E-state index contributed by atoms with van der Waals surface area (Å²) in [5.41, 5.74) is 1.51. The highest BCUT2D eigenvalue weighted by Gasteiger charge is 2.34. The molecule has 0 aromatic carbocycles. The molecule has 0 saturated carbocycles. The maximum absolute atomic E-state index is 13.3. The van der Waals surface area contributed by atoms with Crippen LogP contribution >= 0.6 is 11.3 Å². The number of furan rings is 1. The van der Waals surface area contributed by atoms with E-state index < -0.39 is 11.5 Å². The molecule has 2 aliphatic heterocycles. The van der Waals surface area contributed by atoms with Gasteiger partial charge in [0.25, 0.3) is 5.91 Å². The van der Waals surface area contributed by atoms with Crippen molar-refractivity contribution in [2.24, 2.45) is 0 Å². The normalized spacial score (nSPS) is 20.0. The first-order valence-corrected chi connectivity index (χ1v) is 13.8. The molecule has 2 fully saturated rings. The summed E-state index contributed by atoms with van der Waals surface area (Å²) in [4.78, 5) is 31.2. The van der Waals surface area contributed by atoms with Crippen LogP contribution < -0.4 is 15.1 Å². The Kier molecular flexibility index (Phi) is 6.94. The van der Waals surface area contributed by atoms with Crippen LogP contribution in [0.15, 0.2) is 40.9 Å². The van der Waals surface area contributed by atoms with E-state index in [1.54, 1.807) is 18.3 Å². The molecule has 2 aliphatic rings. The molecule has 12 heteroatoms. The summed E-state index contributed by atoms with van der Waals surface area (Å²) < 4.78 is 12.2. The number of piperidine rings is 1. The largest absolute Gasteiger partial charge is 0.451 e. The van der Waals surface area contributed by atoms with Crippen molar-refractivity contribution in [2.75, 3.05) is 61.1 Å². The van der Waals surface area contributed by atoms with Crippen LogP contribution in [0, 0.1) is 6.92 Å². The van der Waals surface area contributed by atoms with Crippen molar-refractivity contribution in [3.05, 3.63) is 48.0 Å². The number of aliphatic hydroxyl groups excluding tert-OH is 1. The average Bonchev–Trinajstić information content (AvgIpc) is 3.61. The first-order chi connectivity index (χ1) is 18.9. The molecule has 204 valence electrons. The SMILES string of the molecule is Cc1cc(-c2ccc(C(=O)Nc3cc4sc(N5CCOCC5)nc4nc3N3CCCC(O)(CO)C3)o2)ccn1. The molecule has 0 bridgehead atoms. The minimum atomic E-state index is -1.24. The van der Waals surface area contributed by atoms with E-state index in [0.29, 0.717) is 55.5 Å². The second-order valence-electron chi connectivity index (χ2n) is 9.99. The van der Waals surface area contributed by atoms with Crippen molar-refractivity contribution in [3.8, 4) is 11.3 Å². The number of hydrogen-bond donors (Lipinski definition) is 3. The van der Waals surface area contributed by atoms with E-state index in [0.717, 1.165) is 34.2 Å². The van der Waals surface area contributed by atoms with Gasteiger partial charge in [-0.25, -0.2) is 4.98 Å². The van der Waals surface area contributed by atoms with Gasteiger partial charge in [-0.3, -0.25) is 9.78 Å². The highest BCUT2D eigenvalue weighted by Crippen LogP contribution is 2.37. The Morgan fingerprint density at radius 2 is 2.00 bits per heavy atom. The lowest BCUT2D eigenvalue weighted by molar-refractivity contribution is -0.0242. The number of nitrogens with one attached hydrogen (secondary N) is 1. The molecule has 0 radical (unpaired) electrons. The van der Waals surface area contributed by atoms with Crippen LogP contribution in [0.1, 0.15) is 29.1 Å². The van der Waals surface area contributed by atoms with Gasteiger partial charge in [0, 0.05) is 37.1 Å². The first-order valence-electron chi connectivity index (χ1n) is 13.0. The zero-order chi connectivity index (χ0) is 27.0. The predicted octanol–water partition coefficient (Wildman–Crippen LogP) is 3.07. The molecule has 4 aromatic rings. The Morgan fingerprint density at radius 3 is 2.79 bits per heavy atom. The van der Waals surface area contributed by atoms with Gasteiger partial charge in [-0.05, 0) is 50.1 Å². The van der Waals surface area contributed by atoms with Gasteiger partial charge in [-0.15, -0.1) is 0 Å². The Bertz CT molecular complexity index is 1500. The quantitative estimate of drug-likeness (QED) is 0.328. The molecule has 1 atom stereocenters. The molecule has 3 N–H and O–H groups in total. The van der Waals surface area contributed by atoms with Gasteiger partial charge in [-0.2, -0.15) is 4.98 Å². The second kappa shape index (κ2) is 10.5. The zero-order valence-corrected chi connectivity index (χ0v) is 22.4. The minimum Gasteiger partial charge on any atom is -0.451 e. The highest BCUT2D eigenvalue weighted by atomic mass is 32.1. The number of β-amino-alcohol motifs (C(OH)–C–C–N with tert-alkyl or cyclic N) is 1. The third-order valence-corrected chi connectivity index (χ3v) is 8.09. The van der Waals surface area contributed by atoms with Crippen LogP contribution in [0.4, 0.5) is 16.6 Å². The monoisotopic (exact) mass is 550 g/mol. The van der Waals surface area contributed by atoms with Crippen LogP contribution in [-0.2, 0) is 4.74 Å². The first kappa shape index (κ1) is 25.7. The van der Waals surface area contributed by atoms with Crippen molar-refractivity contribution in [3.63, 3.8) is 0 Å². The van der Waals surface area contributed by atoms with Gasteiger partial charge in [0.2, 0.25) is 0 Å². The molecule has 1 unspecified atom stereocenters. The molecule has 6 heterocycles. The van der Waals surface area contributed by atoms with E-state index in [1.165, 1.54) is 11.3 Å². The third-order valence-electron chi connectivity index (χ3n) is 7.04. The number of aliphatic hydroxyl groups is 2. The standard InChI is InChI=1S/C27H30N6O5S/c1-17-13-18(5-7-28-17)20-3-4-21(38-20)25(35)29-19-14-22-23(31-26(39-22)32-9-11-37-12-10-32)30-24(19)33-8-2-6-27(36,15-33)16-34/h3-5,7,13-14,34,36H,2,6,8-12,15-16H2,1H3,(H,29,35). The molecule has 1 amide bonds. The van der Waals surface area contributed by atoms with Crippen molar-refractivity contribution >= 4 is 44.2 Å².